The molecule has 0 N–H and O–H groups in total. The van der Waals surface area contributed by atoms with Gasteiger partial charge in [0.15, 0.2) is 15.6 Å². The number of hydrogen-bond donors (Lipinski definition) is 0. The summed E-state index contributed by atoms with van der Waals surface area (Å²) in [5.74, 6) is -3.67. The lowest BCUT2D eigenvalue weighted by Crippen LogP contribution is -2.17. The van der Waals surface area contributed by atoms with E-state index in [1.165, 1.54) is 24.3 Å². The third kappa shape index (κ3) is 3.74. The van der Waals surface area contributed by atoms with Crippen LogP contribution in [0.25, 0.3) is 0 Å². The number of ketones is 1. The van der Waals surface area contributed by atoms with Crippen LogP contribution in [-0.4, -0.2) is 20.0 Å². The molecule has 0 aromatic heterocycles. The van der Waals surface area contributed by atoms with Gasteiger partial charge in [0.05, 0.1) is 10.5 Å². The summed E-state index contributed by atoms with van der Waals surface area (Å²) >= 11 is 3.16. The molecule has 0 fully saturated rings. The number of halogens is 3. The lowest BCUT2D eigenvalue weighted by atomic mass is 10.1. The summed E-state index contributed by atoms with van der Waals surface area (Å²) in [7, 11) is -3.91. The van der Waals surface area contributed by atoms with Crippen molar-refractivity contribution >= 4 is 31.6 Å². The van der Waals surface area contributed by atoms with Crippen LogP contribution in [0.15, 0.2) is 51.8 Å². The first-order valence-corrected chi connectivity index (χ1v) is 8.21. The van der Waals surface area contributed by atoms with Crippen molar-refractivity contribution in [2.24, 2.45) is 0 Å². The molecular weight excluding hydrogens is 366 g/mol. The first-order valence-electron chi connectivity index (χ1n) is 5.76. The van der Waals surface area contributed by atoms with Crippen molar-refractivity contribution in [3.8, 4) is 0 Å². The second-order valence-corrected chi connectivity index (χ2v) is 7.17. The van der Waals surface area contributed by atoms with Crippen LogP contribution in [-0.2, 0) is 9.84 Å². The van der Waals surface area contributed by atoms with E-state index >= 15 is 0 Å². The quantitative estimate of drug-likeness (QED) is 0.770. The van der Waals surface area contributed by atoms with Gasteiger partial charge in [0.1, 0.15) is 17.4 Å². The van der Waals surface area contributed by atoms with E-state index in [4.69, 9.17) is 0 Å². The summed E-state index contributed by atoms with van der Waals surface area (Å²) in [5.41, 5.74) is -0.573. The van der Waals surface area contributed by atoms with Crippen molar-refractivity contribution in [2.75, 3.05) is 5.75 Å². The van der Waals surface area contributed by atoms with Gasteiger partial charge in [0.2, 0.25) is 0 Å². The first kappa shape index (κ1) is 15.8. The highest BCUT2D eigenvalue weighted by molar-refractivity contribution is 9.10. The Morgan fingerprint density at radius 1 is 1.05 bits per heavy atom. The zero-order valence-electron chi connectivity index (χ0n) is 10.5. The average Bonchev–Trinajstić information content (AvgIpc) is 2.41. The van der Waals surface area contributed by atoms with Crippen LogP contribution in [0.5, 0.6) is 0 Å². The Hall–Kier alpha value is -1.60. The summed E-state index contributed by atoms with van der Waals surface area (Å²) in [4.78, 5) is 11.8. The SMILES string of the molecule is O=C(CS(=O)(=O)c1ccc(Br)cc1)c1cc(F)ccc1F. The second kappa shape index (κ2) is 6.03. The van der Waals surface area contributed by atoms with Gasteiger partial charge in [-0.2, -0.15) is 0 Å². The second-order valence-electron chi connectivity index (χ2n) is 4.26. The van der Waals surface area contributed by atoms with Gasteiger partial charge in [-0.1, -0.05) is 15.9 Å². The van der Waals surface area contributed by atoms with Gasteiger partial charge in [-0.05, 0) is 42.5 Å². The van der Waals surface area contributed by atoms with E-state index in [9.17, 15) is 22.0 Å². The van der Waals surface area contributed by atoms with Crippen LogP contribution in [0.3, 0.4) is 0 Å². The molecule has 0 amide bonds. The van der Waals surface area contributed by atoms with Gasteiger partial charge in [-0.3, -0.25) is 4.79 Å². The molecule has 0 aliphatic heterocycles. The molecule has 0 radical (unpaired) electrons. The fourth-order valence-electron chi connectivity index (χ4n) is 1.69. The molecule has 0 aliphatic rings. The van der Waals surface area contributed by atoms with E-state index in [-0.39, 0.29) is 4.90 Å². The van der Waals surface area contributed by atoms with Crippen LogP contribution in [0.4, 0.5) is 8.78 Å². The fourth-order valence-corrected chi connectivity index (χ4v) is 3.17. The van der Waals surface area contributed by atoms with E-state index in [1.807, 2.05) is 0 Å². The molecule has 0 aliphatic carbocycles. The maximum atomic E-state index is 13.5. The van der Waals surface area contributed by atoms with E-state index in [2.05, 4.69) is 15.9 Å². The van der Waals surface area contributed by atoms with E-state index in [0.29, 0.717) is 10.5 Å². The maximum Gasteiger partial charge on any atom is 0.185 e. The number of hydrogen-bond acceptors (Lipinski definition) is 3. The zero-order valence-corrected chi connectivity index (χ0v) is 12.9. The van der Waals surface area contributed by atoms with Crippen molar-refractivity contribution < 1.29 is 22.0 Å². The topological polar surface area (TPSA) is 51.2 Å². The number of Topliss-reactive ketones (excluding diaryl/α,β-unsaturated/α-hetero) is 1. The predicted octanol–water partition coefficient (Wildman–Crippen LogP) is 3.38. The van der Waals surface area contributed by atoms with Crippen molar-refractivity contribution in [3.05, 3.63) is 64.1 Å². The standard InChI is InChI=1S/C14H9BrF2O3S/c15-9-1-4-11(5-2-9)21(19,20)8-14(18)12-7-10(16)3-6-13(12)17/h1-7H,8H2. The summed E-state index contributed by atoms with van der Waals surface area (Å²) in [6.45, 7) is 0. The highest BCUT2D eigenvalue weighted by atomic mass is 79.9. The van der Waals surface area contributed by atoms with E-state index in [0.717, 1.165) is 12.1 Å². The molecular formula is C14H9BrF2O3S. The summed E-state index contributed by atoms with van der Waals surface area (Å²) in [6, 6.07) is 8.02. The van der Waals surface area contributed by atoms with E-state index < -0.39 is 38.6 Å². The Morgan fingerprint density at radius 2 is 1.67 bits per heavy atom. The van der Waals surface area contributed by atoms with Gasteiger partial charge >= 0.3 is 0 Å². The Labute approximate surface area is 128 Å². The van der Waals surface area contributed by atoms with Crippen LogP contribution in [0.2, 0.25) is 0 Å². The third-order valence-corrected chi connectivity index (χ3v) is 4.88. The minimum atomic E-state index is -3.91. The van der Waals surface area contributed by atoms with Gasteiger partial charge < -0.3 is 0 Å². The average molecular weight is 375 g/mol. The van der Waals surface area contributed by atoms with Crippen LogP contribution in [0, 0.1) is 11.6 Å². The molecule has 0 atom stereocenters. The van der Waals surface area contributed by atoms with Crippen molar-refractivity contribution in [1.82, 2.24) is 0 Å². The van der Waals surface area contributed by atoms with Crippen LogP contribution >= 0.6 is 15.9 Å². The lowest BCUT2D eigenvalue weighted by Gasteiger charge is -2.05. The number of carbonyl (C=O) groups is 1. The highest BCUT2D eigenvalue weighted by Gasteiger charge is 2.22. The minimum absolute atomic E-state index is 0.0594. The maximum absolute atomic E-state index is 13.5. The molecule has 0 bridgehead atoms. The zero-order chi connectivity index (χ0) is 15.6. The van der Waals surface area contributed by atoms with Gasteiger partial charge in [-0.15, -0.1) is 0 Å². The monoisotopic (exact) mass is 374 g/mol. The molecule has 2 rings (SSSR count). The molecule has 2 aromatic rings. The minimum Gasteiger partial charge on any atom is -0.293 e. The number of rotatable bonds is 4. The normalized spacial score (nSPS) is 11.4. The Balaban J connectivity index is 2.30. The Morgan fingerprint density at radius 3 is 2.29 bits per heavy atom. The first-order chi connectivity index (χ1) is 9.79. The van der Waals surface area contributed by atoms with Crippen LogP contribution in [0.1, 0.15) is 10.4 Å². The van der Waals surface area contributed by atoms with E-state index in [1.54, 1.807) is 0 Å². The summed E-state index contributed by atoms with van der Waals surface area (Å²) in [6.07, 6.45) is 0. The molecule has 0 saturated heterocycles. The fraction of sp³-hybridized carbons (Fsp3) is 0.0714. The number of benzene rings is 2. The van der Waals surface area contributed by atoms with Crippen molar-refractivity contribution in [2.45, 2.75) is 4.90 Å². The van der Waals surface area contributed by atoms with Gasteiger partial charge in [0.25, 0.3) is 0 Å². The molecule has 110 valence electrons. The molecule has 0 unspecified atom stereocenters. The molecule has 21 heavy (non-hydrogen) atoms. The summed E-state index contributed by atoms with van der Waals surface area (Å²) in [5, 5.41) is 0. The summed E-state index contributed by atoms with van der Waals surface area (Å²) < 4.78 is 51.3. The molecule has 0 spiro atoms. The highest BCUT2D eigenvalue weighted by Crippen LogP contribution is 2.18. The van der Waals surface area contributed by atoms with Crippen molar-refractivity contribution in [1.29, 1.82) is 0 Å². The number of carbonyl (C=O) groups excluding carboxylic acids is 1. The molecule has 3 nitrogen and oxygen atoms in total. The molecule has 7 heteroatoms. The van der Waals surface area contributed by atoms with Gasteiger partial charge in [0, 0.05) is 4.47 Å². The van der Waals surface area contributed by atoms with Crippen LogP contribution < -0.4 is 0 Å². The van der Waals surface area contributed by atoms with Crippen molar-refractivity contribution in [3.63, 3.8) is 0 Å². The predicted molar refractivity (Wildman–Crippen MR) is 76.9 cm³/mol. The molecule has 0 heterocycles. The largest absolute Gasteiger partial charge is 0.293 e. The Kier molecular flexibility index (Phi) is 4.53. The molecule has 2 aromatic carbocycles. The number of sulfone groups is 1. The third-order valence-electron chi connectivity index (χ3n) is 2.72. The smallest absolute Gasteiger partial charge is 0.185 e. The Bertz CT molecular complexity index is 786. The lowest BCUT2D eigenvalue weighted by molar-refractivity contribution is 0.101. The van der Waals surface area contributed by atoms with Gasteiger partial charge in [-0.25, -0.2) is 17.2 Å². The molecule has 0 saturated carbocycles.